The van der Waals surface area contributed by atoms with Gasteiger partial charge in [0, 0.05) is 45.6 Å². The summed E-state index contributed by atoms with van der Waals surface area (Å²) >= 11 is 0. The summed E-state index contributed by atoms with van der Waals surface area (Å²) in [7, 11) is 0. The molecule has 1 aliphatic carbocycles. The van der Waals surface area contributed by atoms with Gasteiger partial charge in [-0.1, -0.05) is 50.1 Å². The molecular weight excluding hydrogens is 499 g/mol. The van der Waals surface area contributed by atoms with Crippen molar-refractivity contribution in [2.75, 3.05) is 5.32 Å². The third-order valence-electron chi connectivity index (χ3n) is 8.00. The van der Waals surface area contributed by atoms with Crippen LogP contribution in [-0.4, -0.2) is 25.1 Å². The molecule has 1 saturated carbocycles. The third kappa shape index (κ3) is 4.43. The average molecular weight is 529 g/mol. The van der Waals surface area contributed by atoms with Crippen LogP contribution in [0.3, 0.4) is 0 Å². The summed E-state index contributed by atoms with van der Waals surface area (Å²) < 4.78 is 14.6. The molecule has 0 atom stereocenters. The Balaban J connectivity index is 1.23. The summed E-state index contributed by atoms with van der Waals surface area (Å²) in [6.07, 6.45) is 13.5. The molecule has 3 N–H and O–H groups in total. The summed E-state index contributed by atoms with van der Waals surface area (Å²) in [5.74, 6) is 0.245. The maximum absolute atomic E-state index is 14.6. The van der Waals surface area contributed by atoms with Gasteiger partial charge in [-0.2, -0.15) is 5.10 Å². The molecule has 198 valence electrons. The van der Waals surface area contributed by atoms with Crippen molar-refractivity contribution < 1.29 is 4.39 Å². The number of rotatable bonds is 6. The van der Waals surface area contributed by atoms with E-state index >= 15 is 0 Å². The first kappa shape index (κ1) is 24.3. The monoisotopic (exact) mass is 528 g/mol. The second-order valence-electron chi connectivity index (χ2n) is 10.6. The molecule has 6 aromatic rings. The third-order valence-corrected chi connectivity index (χ3v) is 8.00. The van der Waals surface area contributed by atoms with E-state index in [-0.39, 0.29) is 5.82 Å². The van der Waals surface area contributed by atoms with E-state index in [0.717, 1.165) is 61.3 Å². The van der Waals surface area contributed by atoms with Crippen LogP contribution in [0.5, 0.6) is 0 Å². The Morgan fingerprint density at radius 1 is 0.825 bits per heavy atom. The minimum atomic E-state index is -0.276. The molecule has 0 saturated heterocycles. The fraction of sp³-hybridized carbons (Fsp3) is 0.182. The molecule has 7 heteroatoms. The fourth-order valence-corrected chi connectivity index (χ4v) is 5.88. The molecule has 0 aliphatic heterocycles. The number of allylic oxidation sites excluding steroid dienone is 1. The van der Waals surface area contributed by atoms with Crippen molar-refractivity contribution in [3.05, 3.63) is 97.5 Å². The number of halogens is 1. The zero-order valence-corrected chi connectivity index (χ0v) is 22.0. The number of aromatic nitrogens is 5. The largest absolute Gasteiger partial charge is 0.358 e. The molecule has 0 amide bonds. The number of hydrogen-bond donors (Lipinski definition) is 3. The van der Waals surface area contributed by atoms with E-state index in [2.05, 4.69) is 55.2 Å². The number of anilines is 1. The van der Waals surface area contributed by atoms with Gasteiger partial charge in [0.15, 0.2) is 0 Å². The van der Waals surface area contributed by atoms with E-state index in [1.54, 1.807) is 24.5 Å². The lowest BCUT2D eigenvalue weighted by molar-refractivity contribution is 0.405. The van der Waals surface area contributed by atoms with Gasteiger partial charge < -0.3 is 10.3 Å². The number of pyridine rings is 2. The van der Waals surface area contributed by atoms with E-state index in [1.807, 2.05) is 30.6 Å². The van der Waals surface area contributed by atoms with E-state index in [9.17, 15) is 4.39 Å². The Labute approximate surface area is 231 Å². The van der Waals surface area contributed by atoms with Crippen LogP contribution in [0.2, 0.25) is 0 Å². The van der Waals surface area contributed by atoms with Gasteiger partial charge in [0.05, 0.1) is 34.8 Å². The van der Waals surface area contributed by atoms with Gasteiger partial charge >= 0.3 is 0 Å². The Morgan fingerprint density at radius 2 is 1.68 bits per heavy atom. The lowest BCUT2D eigenvalue weighted by atomic mass is 9.87. The molecular formula is C33H29FN6. The van der Waals surface area contributed by atoms with Gasteiger partial charge in [-0.25, -0.2) is 4.39 Å². The van der Waals surface area contributed by atoms with Gasteiger partial charge in [-0.05, 0) is 54.7 Å². The first-order valence-electron chi connectivity index (χ1n) is 13.8. The highest BCUT2D eigenvalue weighted by molar-refractivity contribution is 6.01. The minimum Gasteiger partial charge on any atom is -0.358 e. The molecule has 4 heterocycles. The molecule has 7 rings (SSSR count). The average Bonchev–Trinajstić information content (AvgIpc) is 3.62. The van der Waals surface area contributed by atoms with E-state index in [0.29, 0.717) is 11.5 Å². The van der Waals surface area contributed by atoms with Gasteiger partial charge in [-0.15, -0.1) is 0 Å². The van der Waals surface area contributed by atoms with E-state index < -0.39 is 0 Å². The van der Waals surface area contributed by atoms with Crippen LogP contribution in [0.1, 0.15) is 32.1 Å². The number of fused-ring (bicyclic) bond motifs is 2. The summed E-state index contributed by atoms with van der Waals surface area (Å²) in [6.45, 7) is 4.32. The predicted octanol–water partition coefficient (Wildman–Crippen LogP) is 8.48. The highest BCUT2D eigenvalue weighted by atomic mass is 19.1. The molecule has 1 fully saturated rings. The zero-order chi connectivity index (χ0) is 27.1. The standard InChI is InChI=1S/C33H29FN6/c1-20(21-7-3-2-4-8-21)37-24-13-23(16-35-17-24)22-11-12-30-27(14-22)33(40-39-30)31-15-26-28(18-36-19-32(26)38-31)25-9-5-6-10-29(25)34/h5-6,9-19,21,37-38H,1-4,7-8H2,(H,39,40). The highest BCUT2D eigenvalue weighted by Gasteiger charge is 2.18. The number of H-pyrrole nitrogens is 2. The van der Waals surface area contributed by atoms with Gasteiger partial charge in [0.2, 0.25) is 0 Å². The maximum Gasteiger partial charge on any atom is 0.131 e. The lowest BCUT2D eigenvalue weighted by Crippen LogP contribution is -2.14. The van der Waals surface area contributed by atoms with Crippen LogP contribution in [-0.2, 0) is 0 Å². The van der Waals surface area contributed by atoms with E-state index in [4.69, 9.17) is 0 Å². The van der Waals surface area contributed by atoms with Gasteiger partial charge in [0.1, 0.15) is 11.5 Å². The normalized spacial score (nSPS) is 14.1. The van der Waals surface area contributed by atoms with Crippen LogP contribution in [0, 0.1) is 11.7 Å². The van der Waals surface area contributed by atoms with Crippen molar-refractivity contribution >= 4 is 27.5 Å². The molecule has 40 heavy (non-hydrogen) atoms. The van der Waals surface area contributed by atoms with E-state index in [1.165, 1.54) is 38.2 Å². The van der Waals surface area contributed by atoms with Crippen molar-refractivity contribution in [3.63, 3.8) is 0 Å². The quantitative estimate of drug-likeness (QED) is 0.202. The second kappa shape index (κ2) is 10.1. The topological polar surface area (TPSA) is 82.3 Å². The first-order chi connectivity index (χ1) is 19.6. The molecule has 4 aromatic heterocycles. The zero-order valence-electron chi connectivity index (χ0n) is 22.0. The summed E-state index contributed by atoms with van der Waals surface area (Å²) in [6, 6.07) is 17.2. The number of aromatic amines is 2. The smallest absolute Gasteiger partial charge is 0.131 e. The molecule has 1 aliphatic rings. The SMILES string of the molecule is C=C(Nc1cncc(-c2ccc3[nH]nc(-c4cc5c(-c6ccccc6F)cncc5[nH]4)c3c2)c1)C1CCCCC1. The number of nitrogens with one attached hydrogen (secondary N) is 3. The number of hydrogen-bond acceptors (Lipinski definition) is 4. The Morgan fingerprint density at radius 3 is 2.55 bits per heavy atom. The van der Waals surface area contributed by atoms with Crippen molar-refractivity contribution in [1.29, 1.82) is 0 Å². The Hall–Kier alpha value is -4.78. The van der Waals surface area contributed by atoms with Crippen LogP contribution in [0.25, 0.3) is 55.4 Å². The summed E-state index contributed by atoms with van der Waals surface area (Å²) in [5, 5.41) is 13.2. The van der Waals surface area contributed by atoms with Gasteiger partial charge in [-0.3, -0.25) is 15.1 Å². The molecule has 0 spiro atoms. The maximum atomic E-state index is 14.6. The minimum absolute atomic E-state index is 0.276. The van der Waals surface area contributed by atoms with Crippen LogP contribution in [0.15, 0.2) is 91.7 Å². The second-order valence-corrected chi connectivity index (χ2v) is 10.6. The highest BCUT2D eigenvalue weighted by Crippen LogP contribution is 2.36. The fourth-order valence-electron chi connectivity index (χ4n) is 5.88. The molecule has 0 bridgehead atoms. The number of benzene rings is 2. The lowest BCUT2D eigenvalue weighted by Gasteiger charge is -2.24. The van der Waals surface area contributed by atoms with Crippen molar-refractivity contribution in [3.8, 4) is 33.6 Å². The molecule has 6 nitrogen and oxygen atoms in total. The Bertz CT molecular complexity index is 1860. The van der Waals surface area contributed by atoms with Crippen molar-refractivity contribution in [2.45, 2.75) is 32.1 Å². The number of nitrogens with zero attached hydrogens (tertiary/aromatic N) is 3. The van der Waals surface area contributed by atoms with Crippen LogP contribution < -0.4 is 5.32 Å². The molecule has 0 radical (unpaired) electrons. The molecule has 2 aromatic carbocycles. The van der Waals surface area contributed by atoms with Crippen LogP contribution in [0.4, 0.5) is 10.1 Å². The predicted molar refractivity (Wildman–Crippen MR) is 159 cm³/mol. The Kier molecular flexibility index (Phi) is 6.11. The summed E-state index contributed by atoms with van der Waals surface area (Å²) in [5.41, 5.74) is 8.72. The van der Waals surface area contributed by atoms with Gasteiger partial charge in [0.25, 0.3) is 0 Å². The van der Waals surface area contributed by atoms with Crippen molar-refractivity contribution in [1.82, 2.24) is 25.1 Å². The molecule has 0 unspecified atom stereocenters. The first-order valence-corrected chi connectivity index (χ1v) is 13.8. The van der Waals surface area contributed by atoms with Crippen molar-refractivity contribution in [2.24, 2.45) is 5.92 Å². The summed E-state index contributed by atoms with van der Waals surface area (Å²) in [4.78, 5) is 12.3. The van der Waals surface area contributed by atoms with Crippen LogP contribution >= 0.6 is 0 Å².